The number of esters is 6. The molecule has 1 aromatic rings. The minimum atomic E-state index is -0.579. The first-order valence-corrected chi connectivity index (χ1v) is 14.4. The Hall–Kier alpha value is -4.48. The maximum Gasteiger partial charge on any atom is 0.338 e. The molecule has 0 saturated carbocycles. The molecule has 0 amide bonds. The van der Waals surface area contributed by atoms with Crippen LogP contribution in [0.1, 0.15) is 85.9 Å². The predicted octanol–water partition coefficient (Wildman–Crippen LogP) is 4.45. The summed E-state index contributed by atoms with van der Waals surface area (Å²) in [6.07, 6.45) is 3.81. The largest absolute Gasteiger partial charge is 0.462 e. The van der Waals surface area contributed by atoms with E-state index in [0.29, 0.717) is 38.5 Å². The van der Waals surface area contributed by atoms with E-state index in [4.69, 9.17) is 28.4 Å². The second kappa shape index (κ2) is 22.1. The number of unbranched alkanes of at least 4 members (excludes halogenated alkanes) is 4. The van der Waals surface area contributed by atoms with Crippen molar-refractivity contribution in [1.82, 2.24) is 0 Å². The molecule has 12 nitrogen and oxygen atoms in total. The van der Waals surface area contributed by atoms with Crippen LogP contribution in [0.25, 0.3) is 0 Å². The number of hydrogen-bond donors (Lipinski definition) is 0. The molecule has 0 fully saturated rings. The van der Waals surface area contributed by atoms with Crippen molar-refractivity contribution in [3.05, 3.63) is 59.7 Å². The summed E-state index contributed by atoms with van der Waals surface area (Å²) in [6, 6.07) is 6.03. The van der Waals surface area contributed by atoms with Gasteiger partial charge in [0, 0.05) is 24.0 Å². The fourth-order valence-electron chi connectivity index (χ4n) is 3.34. The number of carbonyl (C=O) groups excluding carboxylic acids is 6. The molecule has 0 radical (unpaired) electrons. The lowest BCUT2D eigenvalue weighted by molar-refractivity contribution is -0.150. The van der Waals surface area contributed by atoms with Gasteiger partial charge in [-0.25, -0.2) is 19.2 Å². The molecule has 0 aromatic heterocycles. The summed E-state index contributed by atoms with van der Waals surface area (Å²) in [7, 11) is 0. The summed E-state index contributed by atoms with van der Waals surface area (Å²) in [5, 5.41) is 0. The van der Waals surface area contributed by atoms with Crippen LogP contribution in [0.15, 0.2) is 48.6 Å². The Bertz CT molecular complexity index is 1070. The van der Waals surface area contributed by atoms with Crippen molar-refractivity contribution >= 4 is 35.8 Å². The van der Waals surface area contributed by atoms with Gasteiger partial charge in [-0.05, 0) is 70.6 Å². The van der Waals surface area contributed by atoms with Gasteiger partial charge in [0.1, 0.15) is 26.4 Å². The lowest BCUT2D eigenvalue weighted by atomic mass is 10.1. The van der Waals surface area contributed by atoms with Gasteiger partial charge in [0.2, 0.25) is 0 Å². The normalized spacial score (nSPS) is 10.2. The summed E-state index contributed by atoms with van der Waals surface area (Å²) in [5.41, 5.74) is 0.960. The van der Waals surface area contributed by atoms with E-state index in [2.05, 4.69) is 13.2 Å². The number of carbonyl (C=O) groups is 6. The van der Waals surface area contributed by atoms with Crippen molar-refractivity contribution in [2.24, 2.45) is 0 Å². The van der Waals surface area contributed by atoms with Gasteiger partial charge < -0.3 is 28.4 Å². The molecule has 0 aliphatic rings. The highest BCUT2D eigenvalue weighted by atomic mass is 16.6. The predicted molar refractivity (Wildman–Crippen MR) is 157 cm³/mol. The highest BCUT2D eigenvalue weighted by Gasteiger charge is 2.13. The Morgan fingerprint density at radius 2 is 0.909 bits per heavy atom. The van der Waals surface area contributed by atoms with E-state index < -0.39 is 35.8 Å². The molecule has 44 heavy (non-hydrogen) atoms. The van der Waals surface area contributed by atoms with Crippen LogP contribution in [0.5, 0.6) is 0 Å². The fourth-order valence-corrected chi connectivity index (χ4v) is 3.34. The summed E-state index contributed by atoms with van der Waals surface area (Å²) in [4.78, 5) is 70.6. The van der Waals surface area contributed by atoms with Crippen molar-refractivity contribution in [1.29, 1.82) is 0 Å². The zero-order valence-electron chi connectivity index (χ0n) is 25.5. The summed E-state index contributed by atoms with van der Waals surface area (Å²) >= 11 is 0. The van der Waals surface area contributed by atoms with Crippen LogP contribution in [0.2, 0.25) is 0 Å². The van der Waals surface area contributed by atoms with Crippen LogP contribution in [0.4, 0.5) is 0 Å². The van der Waals surface area contributed by atoms with Crippen LogP contribution in [-0.4, -0.2) is 75.5 Å². The molecular formula is C32H42O12. The average Bonchev–Trinajstić information content (AvgIpc) is 3.00. The second-order valence-corrected chi connectivity index (χ2v) is 9.75. The van der Waals surface area contributed by atoms with Crippen LogP contribution in [0.3, 0.4) is 0 Å². The third-order valence-corrected chi connectivity index (χ3v) is 5.71. The van der Waals surface area contributed by atoms with Gasteiger partial charge >= 0.3 is 35.8 Å². The molecule has 0 aliphatic heterocycles. The van der Waals surface area contributed by atoms with Gasteiger partial charge in [-0.3, -0.25) is 9.59 Å². The van der Waals surface area contributed by atoms with Crippen molar-refractivity contribution in [3.8, 4) is 0 Å². The molecule has 0 bridgehead atoms. The second-order valence-electron chi connectivity index (χ2n) is 9.75. The Morgan fingerprint density at radius 1 is 0.523 bits per heavy atom. The quantitative estimate of drug-likeness (QED) is 0.0779. The third-order valence-electron chi connectivity index (χ3n) is 5.71. The van der Waals surface area contributed by atoms with E-state index in [1.54, 1.807) is 6.07 Å². The standard InChI is InChI=1S/C32H42O12/c1-23(2)29(35)43-20-18-39-27(33)14-7-5-9-16-41-31(37)25-12-11-13-26(22-25)32(38)42-17-10-6-8-15-28(34)40-19-21-44-30(36)24(3)4/h11-13,22H,1,3,5-10,14-21H2,2,4H3. The van der Waals surface area contributed by atoms with Gasteiger partial charge in [-0.1, -0.05) is 19.2 Å². The Morgan fingerprint density at radius 3 is 1.30 bits per heavy atom. The van der Waals surface area contributed by atoms with Gasteiger partial charge in [0.25, 0.3) is 0 Å². The van der Waals surface area contributed by atoms with Crippen molar-refractivity contribution in [2.45, 2.75) is 65.2 Å². The van der Waals surface area contributed by atoms with Crippen LogP contribution < -0.4 is 0 Å². The molecule has 0 heterocycles. The molecule has 242 valence electrons. The zero-order chi connectivity index (χ0) is 32.7. The van der Waals surface area contributed by atoms with Crippen LogP contribution >= 0.6 is 0 Å². The molecule has 0 aliphatic carbocycles. The Labute approximate surface area is 257 Å². The molecular weight excluding hydrogens is 576 g/mol. The van der Waals surface area contributed by atoms with Gasteiger partial charge in [0.15, 0.2) is 0 Å². The minimum Gasteiger partial charge on any atom is -0.462 e. The van der Waals surface area contributed by atoms with Crippen molar-refractivity contribution in [2.75, 3.05) is 39.6 Å². The lowest BCUT2D eigenvalue weighted by Crippen LogP contribution is -2.14. The fraction of sp³-hybridized carbons (Fsp3) is 0.500. The molecule has 1 rings (SSSR count). The monoisotopic (exact) mass is 618 g/mol. The van der Waals surface area contributed by atoms with Crippen LogP contribution in [-0.2, 0) is 47.6 Å². The van der Waals surface area contributed by atoms with E-state index >= 15 is 0 Å². The Balaban J connectivity index is 2.16. The molecule has 1 aromatic carbocycles. The maximum absolute atomic E-state index is 12.4. The summed E-state index contributed by atoms with van der Waals surface area (Å²) in [6.45, 7) is 10.1. The maximum atomic E-state index is 12.4. The molecule has 0 unspecified atom stereocenters. The summed E-state index contributed by atoms with van der Waals surface area (Å²) in [5.74, 6) is -3.05. The lowest BCUT2D eigenvalue weighted by Gasteiger charge is -2.08. The third kappa shape index (κ3) is 17.5. The first kappa shape index (κ1) is 37.5. The first-order chi connectivity index (χ1) is 21.0. The molecule has 0 saturated heterocycles. The Kier molecular flexibility index (Phi) is 18.9. The smallest absolute Gasteiger partial charge is 0.338 e. The number of benzene rings is 1. The minimum absolute atomic E-state index is 0.0276. The number of rotatable bonds is 22. The number of hydrogen-bond acceptors (Lipinski definition) is 12. The van der Waals surface area contributed by atoms with E-state index in [1.807, 2.05) is 0 Å². The highest BCUT2D eigenvalue weighted by Crippen LogP contribution is 2.11. The van der Waals surface area contributed by atoms with Gasteiger partial charge in [-0.15, -0.1) is 0 Å². The van der Waals surface area contributed by atoms with Gasteiger partial charge in [-0.2, -0.15) is 0 Å². The van der Waals surface area contributed by atoms with E-state index in [9.17, 15) is 28.8 Å². The van der Waals surface area contributed by atoms with E-state index in [-0.39, 0.29) is 74.8 Å². The number of ether oxygens (including phenoxy) is 6. The first-order valence-electron chi connectivity index (χ1n) is 14.4. The highest BCUT2D eigenvalue weighted by molar-refractivity contribution is 5.95. The van der Waals surface area contributed by atoms with Crippen LogP contribution in [0, 0.1) is 0 Å². The van der Waals surface area contributed by atoms with Crippen molar-refractivity contribution < 1.29 is 57.2 Å². The summed E-state index contributed by atoms with van der Waals surface area (Å²) < 4.78 is 30.2. The molecule has 12 heteroatoms. The van der Waals surface area contributed by atoms with E-state index in [1.165, 1.54) is 32.0 Å². The van der Waals surface area contributed by atoms with E-state index in [0.717, 1.165) is 0 Å². The molecule has 0 atom stereocenters. The zero-order valence-corrected chi connectivity index (χ0v) is 25.5. The van der Waals surface area contributed by atoms with Gasteiger partial charge in [0.05, 0.1) is 24.3 Å². The topological polar surface area (TPSA) is 158 Å². The SMILES string of the molecule is C=C(C)C(=O)OCCOC(=O)CCCCCOC(=O)c1cccc(C(=O)OCCCCCC(=O)OCCOC(=O)C(=C)C)c1. The molecule has 0 spiro atoms. The average molecular weight is 619 g/mol. The van der Waals surface area contributed by atoms with Crippen molar-refractivity contribution in [3.63, 3.8) is 0 Å². The molecule has 0 N–H and O–H groups in total.